The van der Waals surface area contributed by atoms with Gasteiger partial charge in [-0.15, -0.1) is 0 Å². The Kier molecular flexibility index (Phi) is 2.46. The standard InChI is InChI=1S/C12H10N2O/c13-11-8-4-7-10(14-11)12(15)9-5-2-1-3-6-9/h1-8H,(H2,13,14). The number of benzene rings is 1. The van der Waals surface area contributed by atoms with Gasteiger partial charge in [-0.1, -0.05) is 36.4 Å². The third-order valence-electron chi connectivity index (χ3n) is 2.04. The molecule has 2 N–H and O–H groups in total. The van der Waals surface area contributed by atoms with Crippen LogP contribution in [0.15, 0.2) is 48.5 Å². The first-order chi connectivity index (χ1) is 7.27. The van der Waals surface area contributed by atoms with Gasteiger partial charge in [0.2, 0.25) is 5.78 Å². The number of anilines is 1. The summed E-state index contributed by atoms with van der Waals surface area (Å²) in [7, 11) is 0. The van der Waals surface area contributed by atoms with Gasteiger partial charge in [-0.3, -0.25) is 4.79 Å². The first-order valence-electron chi connectivity index (χ1n) is 4.59. The van der Waals surface area contributed by atoms with Crippen LogP contribution in [0.3, 0.4) is 0 Å². The number of aromatic nitrogens is 1. The number of hydrogen-bond acceptors (Lipinski definition) is 3. The predicted octanol–water partition coefficient (Wildman–Crippen LogP) is 1.89. The maximum Gasteiger partial charge on any atom is 0.211 e. The zero-order valence-corrected chi connectivity index (χ0v) is 8.05. The number of hydrogen-bond donors (Lipinski definition) is 1. The largest absolute Gasteiger partial charge is 0.384 e. The Balaban J connectivity index is 2.37. The SMILES string of the molecule is Nc1cccc(C(=O)c2ccccc2)n1. The molecule has 0 aliphatic heterocycles. The number of ketones is 1. The highest BCUT2D eigenvalue weighted by Crippen LogP contribution is 2.08. The molecule has 3 nitrogen and oxygen atoms in total. The van der Waals surface area contributed by atoms with Crippen LogP contribution in [0.25, 0.3) is 0 Å². The average molecular weight is 198 g/mol. The first kappa shape index (κ1) is 9.40. The lowest BCUT2D eigenvalue weighted by Gasteiger charge is -2.00. The van der Waals surface area contributed by atoms with Gasteiger partial charge in [0, 0.05) is 5.56 Å². The second-order valence-corrected chi connectivity index (χ2v) is 3.14. The Hall–Kier alpha value is -2.16. The Morgan fingerprint density at radius 3 is 2.40 bits per heavy atom. The summed E-state index contributed by atoms with van der Waals surface area (Å²) in [5.41, 5.74) is 6.51. The second-order valence-electron chi connectivity index (χ2n) is 3.14. The molecule has 0 aliphatic carbocycles. The van der Waals surface area contributed by atoms with Crippen molar-refractivity contribution in [1.29, 1.82) is 0 Å². The molecule has 0 bridgehead atoms. The monoisotopic (exact) mass is 198 g/mol. The van der Waals surface area contributed by atoms with Crippen LogP contribution >= 0.6 is 0 Å². The molecule has 2 rings (SSSR count). The number of nitrogens with two attached hydrogens (primary N) is 1. The first-order valence-corrected chi connectivity index (χ1v) is 4.59. The quantitative estimate of drug-likeness (QED) is 0.750. The number of carbonyl (C=O) groups excluding carboxylic acids is 1. The van der Waals surface area contributed by atoms with Crippen molar-refractivity contribution in [3.05, 3.63) is 59.8 Å². The van der Waals surface area contributed by atoms with E-state index in [1.807, 2.05) is 18.2 Å². The summed E-state index contributed by atoms with van der Waals surface area (Å²) in [6, 6.07) is 14.1. The second kappa shape index (κ2) is 3.92. The summed E-state index contributed by atoms with van der Waals surface area (Å²) in [4.78, 5) is 15.9. The molecule has 0 saturated carbocycles. The van der Waals surface area contributed by atoms with E-state index in [9.17, 15) is 4.79 Å². The predicted molar refractivity (Wildman–Crippen MR) is 58.5 cm³/mol. The van der Waals surface area contributed by atoms with Crippen molar-refractivity contribution in [1.82, 2.24) is 4.98 Å². The highest BCUT2D eigenvalue weighted by atomic mass is 16.1. The zero-order chi connectivity index (χ0) is 10.7. The summed E-state index contributed by atoms with van der Waals surface area (Å²) in [5, 5.41) is 0. The molecule has 2 aromatic rings. The average Bonchev–Trinajstić information content (AvgIpc) is 2.29. The fourth-order valence-electron chi connectivity index (χ4n) is 1.32. The molecule has 0 saturated heterocycles. The van der Waals surface area contributed by atoms with Crippen LogP contribution in [-0.2, 0) is 0 Å². The van der Waals surface area contributed by atoms with Crippen LogP contribution in [-0.4, -0.2) is 10.8 Å². The number of nitrogen functional groups attached to an aromatic ring is 1. The van der Waals surface area contributed by atoms with Gasteiger partial charge in [0.05, 0.1) is 0 Å². The van der Waals surface area contributed by atoms with Gasteiger partial charge in [0.1, 0.15) is 11.5 Å². The van der Waals surface area contributed by atoms with Gasteiger partial charge >= 0.3 is 0 Å². The van der Waals surface area contributed by atoms with Crippen molar-refractivity contribution in [2.45, 2.75) is 0 Å². The number of pyridine rings is 1. The molecule has 1 aromatic carbocycles. The lowest BCUT2D eigenvalue weighted by Crippen LogP contribution is -2.05. The van der Waals surface area contributed by atoms with Crippen molar-refractivity contribution < 1.29 is 4.79 Å². The van der Waals surface area contributed by atoms with E-state index in [1.54, 1.807) is 30.3 Å². The van der Waals surface area contributed by atoms with Gasteiger partial charge in [0.25, 0.3) is 0 Å². The van der Waals surface area contributed by atoms with Gasteiger partial charge in [0.15, 0.2) is 0 Å². The van der Waals surface area contributed by atoms with Gasteiger partial charge in [-0.05, 0) is 12.1 Å². The number of carbonyl (C=O) groups is 1. The van der Waals surface area contributed by atoms with Crippen LogP contribution in [0.4, 0.5) is 5.82 Å². The van der Waals surface area contributed by atoms with Crippen LogP contribution in [0.5, 0.6) is 0 Å². The highest BCUT2D eigenvalue weighted by Gasteiger charge is 2.09. The van der Waals surface area contributed by atoms with Crippen LogP contribution in [0.2, 0.25) is 0 Å². The fraction of sp³-hybridized carbons (Fsp3) is 0. The third kappa shape index (κ3) is 2.02. The molecule has 0 spiro atoms. The van der Waals surface area contributed by atoms with Crippen LogP contribution in [0, 0.1) is 0 Å². The van der Waals surface area contributed by atoms with Crippen molar-refractivity contribution in [3.8, 4) is 0 Å². The van der Waals surface area contributed by atoms with E-state index in [1.165, 1.54) is 0 Å². The van der Waals surface area contributed by atoms with E-state index in [2.05, 4.69) is 4.98 Å². The van der Waals surface area contributed by atoms with E-state index in [-0.39, 0.29) is 5.78 Å². The van der Waals surface area contributed by atoms with Crippen molar-refractivity contribution in [2.75, 3.05) is 5.73 Å². The molecular weight excluding hydrogens is 188 g/mol. The summed E-state index contributed by atoms with van der Waals surface area (Å²) in [6.45, 7) is 0. The Morgan fingerprint density at radius 2 is 1.73 bits per heavy atom. The van der Waals surface area contributed by atoms with Crippen molar-refractivity contribution in [3.63, 3.8) is 0 Å². The van der Waals surface area contributed by atoms with E-state index in [0.29, 0.717) is 17.1 Å². The summed E-state index contributed by atoms with van der Waals surface area (Å²) in [6.07, 6.45) is 0. The van der Waals surface area contributed by atoms with E-state index in [4.69, 9.17) is 5.73 Å². The van der Waals surface area contributed by atoms with Crippen LogP contribution in [0.1, 0.15) is 16.1 Å². The lowest BCUT2D eigenvalue weighted by molar-refractivity contribution is 0.103. The molecule has 1 heterocycles. The maximum absolute atomic E-state index is 11.9. The lowest BCUT2D eigenvalue weighted by atomic mass is 10.1. The highest BCUT2D eigenvalue weighted by molar-refractivity contribution is 6.07. The summed E-state index contributed by atoms with van der Waals surface area (Å²) >= 11 is 0. The molecular formula is C12H10N2O. The smallest absolute Gasteiger partial charge is 0.211 e. The van der Waals surface area contributed by atoms with Crippen molar-refractivity contribution in [2.24, 2.45) is 0 Å². The number of rotatable bonds is 2. The molecule has 0 fully saturated rings. The zero-order valence-electron chi connectivity index (χ0n) is 8.05. The van der Waals surface area contributed by atoms with E-state index < -0.39 is 0 Å². The minimum atomic E-state index is -0.108. The Morgan fingerprint density at radius 1 is 1.00 bits per heavy atom. The van der Waals surface area contributed by atoms with Crippen molar-refractivity contribution >= 4 is 11.6 Å². The van der Waals surface area contributed by atoms with E-state index in [0.717, 1.165) is 0 Å². The van der Waals surface area contributed by atoms with E-state index >= 15 is 0 Å². The molecule has 74 valence electrons. The summed E-state index contributed by atoms with van der Waals surface area (Å²) < 4.78 is 0. The van der Waals surface area contributed by atoms with Gasteiger partial charge in [-0.2, -0.15) is 0 Å². The Bertz CT molecular complexity index is 480. The molecule has 3 heteroatoms. The molecule has 0 amide bonds. The molecule has 0 aliphatic rings. The van der Waals surface area contributed by atoms with Gasteiger partial charge < -0.3 is 5.73 Å². The molecule has 0 radical (unpaired) electrons. The summed E-state index contributed by atoms with van der Waals surface area (Å²) in [5.74, 6) is 0.250. The topological polar surface area (TPSA) is 56.0 Å². The molecule has 0 atom stereocenters. The number of nitrogens with zero attached hydrogens (tertiary/aromatic N) is 1. The minimum absolute atomic E-state index is 0.108. The fourth-order valence-corrected chi connectivity index (χ4v) is 1.32. The minimum Gasteiger partial charge on any atom is -0.384 e. The molecule has 1 aromatic heterocycles. The molecule has 0 unspecified atom stereocenters. The maximum atomic E-state index is 11.9. The van der Waals surface area contributed by atoms with Crippen LogP contribution < -0.4 is 5.73 Å². The van der Waals surface area contributed by atoms with Gasteiger partial charge in [-0.25, -0.2) is 4.98 Å². The Labute approximate surface area is 87.6 Å². The third-order valence-corrected chi connectivity index (χ3v) is 2.04. The molecule has 15 heavy (non-hydrogen) atoms. The normalized spacial score (nSPS) is 9.87.